The molecule has 0 aliphatic carbocycles. The quantitative estimate of drug-likeness (QED) is 0.827. The SMILES string of the molecule is CC(CCOc1ccccc1N)N1CCCCCC1. The molecule has 2 rings (SSSR count). The summed E-state index contributed by atoms with van der Waals surface area (Å²) in [5, 5.41) is 0. The van der Waals surface area contributed by atoms with E-state index in [1.165, 1.54) is 38.8 Å². The molecule has 0 amide bonds. The standard InChI is InChI=1S/C16H26N2O/c1-14(18-11-6-2-3-7-12-18)10-13-19-16-9-5-4-8-15(16)17/h4-5,8-9,14H,2-3,6-7,10-13,17H2,1H3. The number of benzene rings is 1. The summed E-state index contributed by atoms with van der Waals surface area (Å²) in [6.45, 7) is 5.54. The van der Waals surface area contributed by atoms with Gasteiger partial charge in [0.2, 0.25) is 0 Å². The van der Waals surface area contributed by atoms with Gasteiger partial charge in [-0.1, -0.05) is 25.0 Å². The molecule has 1 aromatic rings. The monoisotopic (exact) mass is 262 g/mol. The third-order valence-electron chi connectivity index (χ3n) is 3.98. The van der Waals surface area contributed by atoms with Crippen molar-refractivity contribution in [2.24, 2.45) is 0 Å². The number of hydrogen-bond donors (Lipinski definition) is 1. The van der Waals surface area contributed by atoms with E-state index in [2.05, 4.69) is 11.8 Å². The Bertz CT molecular complexity index is 373. The Morgan fingerprint density at radius 2 is 1.84 bits per heavy atom. The van der Waals surface area contributed by atoms with Crippen LogP contribution in [0.1, 0.15) is 39.0 Å². The van der Waals surface area contributed by atoms with E-state index in [0.29, 0.717) is 6.04 Å². The van der Waals surface area contributed by atoms with E-state index in [4.69, 9.17) is 10.5 Å². The molecule has 1 atom stereocenters. The molecule has 0 bridgehead atoms. The van der Waals surface area contributed by atoms with Gasteiger partial charge in [0.05, 0.1) is 12.3 Å². The summed E-state index contributed by atoms with van der Waals surface area (Å²) in [5.74, 6) is 0.811. The number of anilines is 1. The van der Waals surface area contributed by atoms with Crippen LogP contribution in [0, 0.1) is 0 Å². The molecule has 19 heavy (non-hydrogen) atoms. The molecule has 1 saturated heterocycles. The van der Waals surface area contributed by atoms with Gasteiger partial charge in [-0.25, -0.2) is 0 Å². The molecule has 1 unspecified atom stereocenters. The second-order valence-electron chi connectivity index (χ2n) is 5.47. The second-order valence-corrected chi connectivity index (χ2v) is 5.47. The number of rotatable bonds is 5. The Hall–Kier alpha value is -1.22. The lowest BCUT2D eigenvalue weighted by atomic mass is 10.2. The van der Waals surface area contributed by atoms with Gasteiger partial charge in [0.25, 0.3) is 0 Å². The van der Waals surface area contributed by atoms with Crippen molar-refractivity contribution in [2.45, 2.75) is 45.1 Å². The van der Waals surface area contributed by atoms with Crippen molar-refractivity contribution in [2.75, 3.05) is 25.4 Å². The Labute approximate surface area is 116 Å². The van der Waals surface area contributed by atoms with E-state index < -0.39 is 0 Å². The van der Waals surface area contributed by atoms with Crippen molar-refractivity contribution in [3.8, 4) is 5.75 Å². The summed E-state index contributed by atoms with van der Waals surface area (Å²) in [4.78, 5) is 2.60. The second kappa shape index (κ2) is 7.39. The summed E-state index contributed by atoms with van der Waals surface area (Å²) in [6.07, 6.45) is 6.53. The van der Waals surface area contributed by atoms with Gasteiger partial charge in [0.1, 0.15) is 5.75 Å². The van der Waals surface area contributed by atoms with Gasteiger partial charge in [-0.3, -0.25) is 0 Å². The topological polar surface area (TPSA) is 38.5 Å². The van der Waals surface area contributed by atoms with Gasteiger partial charge in [0.15, 0.2) is 0 Å². The molecule has 1 aliphatic heterocycles. The van der Waals surface area contributed by atoms with Crippen molar-refractivity contribution in [1.82, 2.24) is 4.90 Å². The summed E-state index contributed by atoms with van der Waals surface area (Å²) in [5.41, 5.74) is 6.59. The molecule has 3 heteroatoms. The fraction of sp³-hybridized carbons (Fsp3) is 0.625. The Morgan fingerprint density at radius 3 is 2.53 bits per heavy atom. The molecule has 0 saturated carbocycles. The molecule has 3 nitrogen and oxygen atoms in total. The Kier molecular flexibility index (Phi) is 5.52. The van der Waals surface area contributed by atoms with E-state index >= 15 is 0 Å². The first-order chi connectivity index (χ1) is 9.27. The number of hydrogen-bond acceptors (Lipinski definition) is 3. The van der Waals surface area contributed by atoms with E-state index in [9.17, 15) is 0 Å². The first-order valence-corrected chi connectivity index (χ1v) is 7.49. The number of likely N-dealkylation sites (tertiary alicyclic amines) is 1. The van der Waals surface area contributed by atoms with Crippen molar-refractivity contribution < 1.29 is 4.74 Å². The minimum Gasteiger partial charge on any atom is -0.491 e. The molecule has 0 spiro atoms. The summed E-state index contributed by atoms with van der Waals surface area (Å²) < 4.78 is 5.78. The highest BCUT2D eigenvalue weighted by molar-refractivity contribution is 5.51. The molecule has 1 heterocycles. The van der Waals surface area contributed by atoms with Crippen molar-refractivity contribution in [3.05, 3.63) is 24.3 Å². The van der Waals surface area contributed by atoms with Crippen molar-refractivity contribution in [1.29, 1.82) is 0 Å². The highest BCUT2D eigenvalue weighted by Crippen LogP contribution is 2.20. The van der Waals surface area contributed by atoms with E-state index in [-0.39, 0.29) is 0 Å². The maximum atomic E-state index is 5.87. The Morgan fingerprint density at radius 1 is 1.16 bits per heavy atom. The average molecular weight is 262 g/mol. The van der Waals surface area contributed by atoms with Gasteiger partial charge < -0.3 is 15.4 Å². The lowest BCUT2D eigenvalue weighted by Crippen LogP contribution is -2.34. The zero-order valence-corrected chi connectivity index (χ0v) is 12.0. The van der Waals surface area contributed by atoms with Gasteiger partial charge in [0, 0.05) is 6.04 Å². The first kappa shape index (κ1) is 14.2. The highest BCUT2D eigenvalue weighted by atomic mass is 16.5. The molecular formula is C16H26N2O. The number of para-hydroxylation sites is 2. The number of nitrogens with zero attached hydrogens (tertiary/aromatic N) is 1. The number of nitrogen functional groups attached to an aromatic ring is 1. The predicted molar refractivity (Wildman–Crippen MR) is 80.5 cm³/mol. The van der Waals surface area contributed by atoms with E-state index in [1.54, 1.807) is 0 Å². The van der Waals surface area contributed by atoms with Gasteiger partial charge in [-0.2, -0.15) is 0 Å². The predicted octanol–water partition coefficient (Wildman–Crippen LogP) is 3.30. The smallest absolute Gasteiger partial charge is 0.142 e. The molecule has 1 aromatic carbocycles. The number of ether oxygens (including phenoxy) is 1. The minimum absolute atomic E-state index is 0.600. The third-order valence-corrected chi connectivity index (χ3v) is 3.98. The van der Waals surface area contributed by atoms with Gasteiger partial charge >= 0.3 is 0 Å². The Balaban J connectivity index is 1.74. The third kappa shape index (κ3) is 4.43. The average Bonchev–Trinajstić information content (AvgIpc) is 2.70. The van der Waals surface area contributed by atoms with Crippen LogP contribution < -0.4 is 10.5 Å². The molecule has 0 aromatic heterocycles. The normalized spacial score (nSPS) is 18.8. The highest BCUT2D eigenvalue weighted by Gasteiger charge is 2.15. The van der Waals surface area contributed by atoms with Gasteiger partial charge in [-0.15, -0.1) is 0 Å². The lowest BCUT2D eigenvalue weighted by molar-refractivity contribution is 0.180. The maximum absolute atomic E-state index is 5.87. The van der Waals surface area contributed by atoms with Crippen molar-refractivity contribution in [3.63, 3.8) is 0 Å². The summed E-state index contributed by atoms with van der Waals surface area (Å²) in [7, 11) is 0. The molecule has 106 valence electrons. The molecule has 2 N–H and O–H groups in total. The molecule has 1 aliphatic rings. The number of nitrogens with two attached hydrogens (primary N) is 1. The van der Waals surface area contributed by atoms with Crippen molar-refractivity contribution >= 4 is 5.69 Å². The minimum atomic E-state index is 0.600. The maximum Gasteiger partial charge on any atom is 0.142 e. The van der Waals surface area contributed by atoms with E-state index in [1.807, 2.05) is 24.3 Å². The zero-order chi connectivity index (χ0) is 13.5. The fourth-order valence-corrected chi connectivity index (χ4v) is 2.67. The molecule has 0 radical (unpaired) electrons. The van der Waals surface area contributed by atoms with Crippen LogP contribution in [0.25, 0.3) is 0 Å². The van der Waals surface area contributed by atoms with Crippen LogP contribution in [0.15, 0.2) is 24.3 Å². The summed E-state index contributed by atoms with van der Waals surface area (Å²) >= 11 is 0. The largest absolute Gasteiger partial charge is 0.491 e. The van der Waals surface area contributed by atoms with Crippen LogP contribution in [0.5, 0.6) is 5.75 Å². The van der Waals surface area contributed by atoms with Crippen LogP contribution in [-0.4, -0.2) is 30.6 Å². The van der Waals surface area contributed by atoms with E-state index in [0.717, 1.165) is 24.5 Å². The van der Waals surface area contributed by atoms with Crippen LogP contribution in [0.2, 0.25) is 0 Å². The van der Waals surface area contributed by atoms with Crippen LogP contribution in [-0.2, 0) is 0 Å². The van der Waals surface area contributed by atoms with Crippen LogP contribution in [0.4, 0.5) is 5.69 Å². The van der Waals surface area contributed by atoms with Gasteiger partial charge in [-0.05, 0) is 51.4 Å². The molecular weight excluding hydrogens is 236 g/mol. The van der Waals surface area contributed by atoms with Crippen LogP contribution >= 0.6 is 0 Å². The molecule has 1 fully saturated rings. The fourth-order valence-electron chi connectivity index (χ4n) is 2.67. The lowest BCUT2D eigenvalue weighted by Gasteiger charge is -2.27. The summed E-state index contributed by atoms with van der Waals surface area (Å²) in [6, 6.07) is 8.31. The first-order valence-electron chi connectivity index (χ1n) is 7.49. The zero-order valence-electron chi connectivity index (χ0n) is 12.0. The van der Waals surface area contributed by atoms with Crippen LogP contribution in [0.3, 0.4) is 0 Å².